The van der Waals surface area contributed by atoms with Crippen molar-refractivity contribution in [3.05, 3.63) is 0 Å². The van der Waals surface area contributed by atoms with Crippen molar-refractivity contribution in [2.75, 3.05) is 11.5 Å². The molecule has 78 valence electrons. The molecule has 0 amide bonds. The molecule has 0 radical (unpaired) electrons. The molecule has 10 heteroatoms. The van der Waals surface area contributed by atoms with Gasteiger partial charge in [0.05, 0.1) is 11.5 Å². The van der Waals surface area contributed by atoms with E-state index in [4.69, 9.17) is 9.11 Å². The summed E-state index contributed by atoms with van der Waals surface area (Å²) in [6.07, 6.45) is 0.0250. The molecule has 0 aliphatic carbocycles. The molecule has 0 heterocycles. The van der Waals surface area contributed by atoms with Gasteiger partial charge in [0.2, 0.25) is 0 Å². The van der Waals surface area contributed by atoms with Crippen LogP contribution in [-0.2, 0) is 20.2 Å². The monoisotopic (exact) mass is 266 g/mol. The van der Waals surface area contributed by atoms with Gasteiger partial charge in [-0.2, -0.15) is 16.8 Å². The van der Waals surface area contributed by atoms with E-state index >= 15 is 0 Å². The SMILES string of the molecule is O=S(=O)(O)CCCCS(=O)(=O)O.[NaH].[NaH]. The Morgan fingerprint density at radius 1 is 0.714 bits per heavy atom. The number of rotatable bonds is 5. The third-order valence-electron chi connectivity index (χ3n) is 1.05. The molecule has 0 bridgehead atoms. The number of hydrogen-bond acceptors (Lipinski definition) is 4. The van der Waals surface area contributed by atoms with Crippen LogP contribution < -0.4 is 0 Å². The Kier molecular flexibility index (Phi) is 13.5. The molecule has 0 aromatic heterocycles. The van der Waals surface area contributed by atoms with E-state index in [-0.39, 0.29) is 72.0 Å². The molecule has 0 atom stereocenters. The summed E-state index contributed by atoms with van der Waals surface area (Å²) in [7, 11) is -8.04. The molecule has 0 spiro atoms. The predicted octanol–water partition coefficient (Wildman–Crippen LogP) is -1.75. The van der Waals surface area contributed by atoms with Crippen LogP contribution in [0.5, 0.6) is 0 Å². The molecule has 0 fully saturated rings. The van der Waals surface area contributed by atoms with E-state index in [1.165, 1.54) is 0 Å². The molecule has 0 unspecified atom stereocenters. The van der Waals surface area contributed by atoms with Crippen molar-refractivity contribution in [3.63, 3.8) is 0 Å². The van der Waals surface area contributed by atoms with E-state index in [1.807, 2.05) is 0 Å². The minimum atomic E-state index is -4.02. The van der Waals surface area contributed by atoms with Crippen LogP contribution >= 0.6 is 0 Å². The first-order valence-electron chi connectivity index (χ1n) is 3.11. The second-order valence-electron chi connectivity index (χ2n) is 2.28. The van der Waals surface area contributed by atoms with Gasteiger partial charge >= 0.3 is 59.1 Å². The summed E-state index contributed by atoms with van der Waals surface area (Å²) in [5.74, 6) is -0.967. The summed E-state index contributed by atoms with van der Waals surface area (Å²) in [5.41, 5.74) is 0. The van der Waals surface area contributed by atoms with Crippen LogP contribution in [0, 0.1) is 0 Å². The van der Waals surface area contributed by atoms with Crippen molar-refractivity contribution >= 4 is 79.4 Å². The standard InChI is InChI=1S/C4H10O6S2.2Na.2H/c5-11(6,7)3-1-2-4-12(8,9)10;;;;/h1-4H2,(H,5,6,7)(H,8,9,10);;;;. The fraction of sp³-hybridized carbons (Fsp3) is 1.00. The molecule has 2 N–H and O–H groups in total. The summed E-state index contributed by atoms with van der Waals surface area (Å²) in [6.45, 7) is 0. The first kappa shape index (κ1) is 21.1. The Bertz CT molecular complexity index is 286. The summed E-state index contributed by atoms with van der Waals surface area (Å²) in [4.78, 5) is 0. The average molecular weight is 266 g/mol. The minimum absolute atomic E-state index is 0. The van der Waals surface area contributed by atoms with Crippen LogP contribution in [0.4, 0.5) is 0 Å². The first-order chi connectivity index (χ1) is 5.21. The fourth-order valence-corrected chi connectivity index (χ4v) is 1.71. The summed E-state index contributed by atoms with van der Waals surface area (Å²) in [6, 6.07) is 0. The normalized spacial score (nSPS) is 11.3. The summed E-state index contributed by atoms with van der Waals surface area (Å²) >= 11 is 0. The molecule has 14 heavy (non-hydrogen) atoms. The molecule has 0 aliphatic heterocycles. The van der Waals surface area contributed by atoms with Gasteiger partial charge in [-0.25, -0.2) is 0 Å². The second kappa shape index (κ2) is 8.91. The zero-order chi connectivity index (χ0) is 9.83. The van der Waals surface area contributed by atoms with Gasteiger partial charge in [0, 0.05) is 0 Å². The topological polar surface area (TPSA) is 109 Å². The number of hydrogen-bond donors (Lipinski definition) is 2. The van der Waals surface area contributed by atoms with Crippen molar-refractivity contribution in [1.29, 1.82) is 0 Å². The van der Waals surface area contributed by atoms with Crippen molar-refractivity contribution in [2.45, 2.75) is 12.8 Å². The predicted molar refractivity (Wildman–Crippen MR) is 56.4 cm³/mol. The zero-order valence-corrected chi connectivity index (χ0v) is 7.81. The molecule has 0 saturated heterocycles. The van der Waals surface area contributed by atoms with E-state index in [0.29, 0.717) is 0 Å². The van der Waals surface area contributed by atoms with E-state index in [2.05, 4.69) is 0 Å². The van der Waals surface area contributed by atoms with Crippen molar-refractivity contribution < 1.29 is 25.9 Å². The first-order valence-corrected chi connectivity index (χ1v) is 6.33. The van der Waals surface area contributed by atoms with Crippen LogP contribution in [0.15, 0.2) is 0 Å². The Morgan fingerprint density at radius 2 is 0.929 bits per heavy atom. The van der Waals surface area contributed by atoms with E-state index in [1.54, 1.807) is 0 Å². The Morgan fingerprint density at radius 3 is 1.07 bits per heavy atom. The van der Waals surface area contributed by atoms with Crippen LogP contribution in [0.25, 0.3) is 0 Å². The van der Waals surface area contributed by atoms with Crippen molar-refractivity contribution in [2.24, 2.45) is 0 Å². The molecule has 0 saturated carbocycles. The molecule has 0 aromatic carbocycles. The average Bonchev–Trinajstić information content (AvgIpc) is 1.76. The molecule has 6 nitrogen and oxygen atoms in total. The summed E-state index contributed by atoms with van der Waals surface area (Å²) < 4.78 is 56.8. The molecule has 0 aliphatic rings. The van der Waals surface area contributed by atoms with Gasteiger partial charge in [0.1, 0.15) is 0 Å². The Balaban J connectivity index is -0.000000605. The van der Waals surface area contributed by atoms with Crippen molar-refractivity contribution in [1.82, 2.24) is 0 Å². The van der Waals surface area contributed by atoms with E-state index < -0.39 is 31.7 Å². The molecular formula is C4H12Na2O6S2. The van der Waals surface area contributed by atoms with E-state index in [0.717, 1.165) is 0 Å². The van der Waals surface area contributed by atoms with Gasteiger partial charge < -0.3 is 0 Å². The van der Waals surface area contributed by atoms with Crippen LogP contribution in [-0.4, -0.2) is 96.6 Å². The van der Waals surface area contributed by atoms with Gasteiger partial charge in [0.25, 0.3) is 20.2 Å². The maximum absolute atomic E-state index is 10.1. The van der Waals surface area contributed by atoms with Crippen molar-refractivity contribution in [3.8, 4) is 0 Å². The molecule has 0 rings (SSSR count). The van der Waals surface area contributed by atoms with Gasteiger partial charge in [-0.1, -0.05) is 0 Å². The third-order valence-corrected chi connectivity index (χ3v) is 2.66. The molecule has 0 aromatic rings. The van der Waals surface area contributed by atoms with Gasteiger partial charge in [0.15, 0.2) is 0 Å². The van der Waals surface area contributed by atoms with Crippen LogP contribution in [0.2, 0.25) is 0 Å². The Hall–Kier alpha value is 1.82. The van der Waals surface area contributed by atoms with Crippen LogP contribution in [0.3, 0.4) is 0 Å². The van der Waals surface area contributed by atoms with E-state index in [9.17, 15) is 16.8 Å². The van der Waals surface area contributed by atoms with Gasteiger partial charge in [-0.15, -0.1) is 0 Å². The zero-order valence-electron chi connectivity index (χ0n) is 6.17. The third kappa shape index (κ3) is 19.4. The number of unbranched alkanes of at least 4 members (excludes halogenated alkanes) is 1. The molecular weight excluding hydrogens is 254 g/mol. The van der Waals surface area contributed by atoms with Crippen LogP contribution in [0.1, 0.15) is 12.8 Å². The van der Waals surface area contributed by atoms with Gasteiger partial charge in [-0.3, -0.25) is 9.11 Å². The van der Waals surface area contributed by atoms with Gasteiger partial charge in [-0.05, 0) is 12.8 Å². The quantitative estimate of drug-likeness (QED) is 0.347. The fourth-order valence-electron chi connectivity index (χ4n) is 0.569. The Labute approximate surface area is 128 Å². The second-order valence-corrected chi connectivity index (χ2v) is 5.42. The summed E-state index contributed by atoms with van der Waals surface area (Å²) in [5, 5.41) is 0. The maximum atomic E-state index is 10.1.